The van der Waals surface area contributed by atoms with Crippen LogP contribution in [0.2, 0.25) is 20.1 Å². The largest absolute Gasteiger partial charge is 0.455 e. The lowest BCUT2D eigenvalue weighted by atomic mass is 10.2. The average molecular weight is 352 g/mol. The Morgan fingerprint density at radius 3 is 2.26 bits per heavy atom. The molecule has 19 heavy (non-hydrogen) atoms. The molecule has 0 aromatic heterocycles. The molecule has 0 aliphatic carbocycles. The predicted molar refractivity (Wildman–Crippen MR) is 81.9 cm³/mol. The number of rotatable bonds is 0. The first-order valence-corrected chi connectivity index (χ1v) is 7.63. The van der Waals surface area contributed by atoms with Crippen molar-refractivity contribution < 1.29 is 4.74 Å². The van der Waals surface area contributed by atoms with E-state index in [1.807, 2.05) is 6.92 Å². The van der Waals surface area contributed by atoms with Crippen LogP contribution in [0.25, 0.3) is 0 Å². The molecule has 0 saturated carbocycles. The molecule has 2 aromatic rings. The second-order valence-corrected chi connectivity index (χ2v) is 6.69. The lowest BCUT2D eigenvalue weighted by molar-refractivity contribution is 0.454. The number of hydrogen-bond donors (Lipinski definition) is 0. The summed E-state index contributed by atoms with van der Waals surface area (Å²) in [5.41, 5.74) is 0.835. The maximum Gasteiger partial charge on any atom is 0.144 e. The number of halogens is 4. The van der Waals surface area contributed by atoms with Crippen molar-refractivity contribution in [2.45, 2.75) is 16.7 Å². The smallest absolute Gasteiger partial charge is 0.144 e. The molecule has 0 saturated heterocycles. The van der Waals surface area contributed by atoms with Crippen molar-refractivity contribution in [1.82, 2.24) is 0 Å². The summed E-state index contributed by atoms with van der Waals surface area (Å²) in [7, 11) is 0. The third-order valence-corrected chi connectivity index (χ3v) is 5.63. The molecule has 1 aliphatic heterocycles. The minimum absolute atomic E-state index is 0.453. The molecule has 1 nitrogen and oxygen atoms in total. The first-order valence-electron chi connectivity index (χ1n) is 5.30. The molecule has 6 heteroatoms. The van der Waals surface area contributed by atoms with Crippen LogP contribution in [0.1, 0.15) is 5.56 Å². The summed E-state index contributed by atoms with van der Waals surface area (Å²) in [6, 6.07) is 5.22. The van der Waals surface area contributed by atoms with Gasteiger partial charge in [0.1, 0.15) is 11.5 Å². The Balaban J connectivity index is 2.17. The van der Waals surface area contributed by atoms with Crippen LogP contribution in [0.3, 0.4) is 0 Å². The Morgan fingerprint density at radius 1 is 0.895 bits per heavy atom. The highest BCUT2D eigenvalue weighted by Gasteiger charge is 2.24. The maximum atomic E-state index is 6.31. The van der Waals surface area contributed by atoms with Crippen molar-refractivity contribution in [3.63, 3.8) is 0 Å². The topological polar surface area (TPSA) is 9.23 Å². The van der Waals surface area contributed by atoms with E-state index < -0.39 is 0 Å². The summed E-state index contributed by atoms with van der Waals surface area (Å²) in [6.45, 7) is 1.87. The van der Waals surface area contributed by atoms with E-state index >= 15 is 0 Å². The van der Waals surface area contributed by atoms with E-state index in [0.29, 0.717) is 31.6 Å². The molecule has 0 bridgehead atoms. The van der Waals surface area contributed by atoms with Gasteiger partial charge in [-0.15, -0.1) is 0 Å². The van der Waals surface area contributed by atoms with Crippen molar-refractivity contribution in [3.8, 4) is 11.5 Å². The standard InChI is InChI=1S/C13H6Cl4OS/c1-5-6(14)2-10-13(12(5)17)19-11-4-8(16)7(15)3-9(11)18-10/h2-4H,1H3. The van der Waals surface area contributed by atoms with Crippen LogP contribution < -0.4 is 4.74 Å². The Kier molecular flexibility index (Phi) is 3.57. The van der Waals surface area contributed by atoms with Crippen LogP contribution in [-0.4, -0.2) is 0 Å². The highest BCUT2D eigenvalue weighted by atomic mass is 35.5. The fraction of sp³-hybridized carbons (Fsp3) is 0.0769. The number of benzene rings is 2. The Morgan fingerprint density at radius 2 is 1.53 bits per heavy atom. The second kappa shape index (κ2) is 4.94. The molecule has 98 valence electrons. The van der Waals surface area contributed by atoms with E-state index in [1.54, 1.807) is 18.2 Å². The highest BCUT2D eigenvalue weighted by molar-refractivity contribution is 7.99. The van der Waals surface area contributed by atoms with Gasteiger partial charge in [-0.2, -0.15) is 0 Å². The molecule has 0 spiro atoms. The van der Waals surface area contributed by atoms with Gasteiger partial charge in [0.2, 0.25) is 0 Å². The van der Waals surface area contributed by atoms with E-state index in [4.69, 9.17) is 51.1 Å². The molecule has 0 N–H and O–H groups in total. The van der Waals surface area contributed by atoms with Gasteiger partial charge in [-0.05, 0) is 18.6 Å². The molecular formula is C13H6Cl4OS. The molecule has 0 unspecified atom stereocenters. The van der Waals surface area contributed by atoms with Gasteiger partial charge in [0, 0.05) is 17.2 Å². The van der Waals surface area contributed by atoms with Crippen LogP contribution in [0.5, 0.6) is 11.5 Å². The second-order valence-electron chi connectivity index (χ2n) is 4.04. The van der Waals surface area contributed by atoms with Gasteiger partial charge in [-0.1, -0.05) is 58.2 Å². The maximum absolute atomic E-state index is 6.31. The van der Waals surface area contributed by atoms with Crippen molar-refractivity contribution >= 4 is 58.2 Å². The van der Waals surface area contributed by atoms with Gasteiger partial charge < -0.3 is 4.74 Å². The first kappa shape index (κ1) is 13.7. The predicted octanol–water partition coefficient (Wildman–Crippen LogP) is 6.87. The van der Waals surface area contributed by atoms with E-state index in [-0.39, 0.29) is 0 Å². The zero-order valence-corrected chi connectivity index (χ0v) is 13.4. The normalized spacial score (nSPS) is 12.7. The van der Waals surface area contributed by atoms with Crippen LogP contribution in [-0.2, 0) is 0 Å². The number of ether oxygens (including phenoxy) is 1. The summed E-state index contributed by atoms with van der Waals surface area (Å²) in [6.07, 6.45) is 0. The third kappa shape index (κ3) is 2.30. The van der Waals surface area contributed by atoms with E-state index in [1.165, 1.54) is 11.8 Å². The Bertz CT molecular complexity index is 700. The molecule has 1 heterocycles. The fourth-order valence-corrected chi connectivity index (χ4v) is 3.72. The molecule has 0 fully saturated rings. The third-order valence-electron chi connectivity index (χ3n) is 2.79. The van der Waals surface area contributed by atoms with Gasteiger partial charge in [0.05, 0.1) is 24.9 Å². The molecule has 0 atom stereocenters. The molecule has 2 aromatic carbocycles. The summed E-state index contributed by atoms with van der Waals surface area (Å²) < 4.78 is 5.80. The summed E-state index contributed by atoms with van der Waals surface area (Å²) >= 11 is 25.9. The zero-order valence-electron chi connectivity index (χ0n) is 9.56. The zero-order chi connectivity index (χ0) is 13.7. The van der Waals surface area contributed by atoms with Gasteiger partial charge in [0.25, 0.3) is 0 Å². The molecule has 3 rings (SSSR count). The first-order chi connectivity index (χ1) is 8.97. The van der Waals surface area contributed by atoms with Crippen molar-refractivity contribution in [2.24, 2.45) is 0 Å². The van der Waals surface area contributed by atoms with Gasteiger partial charge >= 0.3 is 0 Å². The quantitative estimate of drug-likeness (QED) is 0.437. The van der Waals surface area contributed by atoms with Gasteiger partial charge in [-0.25, -0.2) is 0 Å². The van der Waals surface area contributed by atoms with Crippen LogP contribution in [0.15, 0.2) is 28.0 Å². The molecule has 1 aliphatic rings. The van der Waals surface area contributed by atoms with Crippen LogP contribution >= 0.6 is 58.2 Å². The molecule has 0 radical (unpaired) electrons. The van der Waals surface area contributed by atoms with Crippen molar-refractivity contribution in [1.29, 1.82) is 0 Å². The van der Waals surface area contributed by atoms with Gasteiger partial charge in [-0.3, -0.25) is 0 Å². The van der Waals surface area contributed by atoms with Crippen LogP contribution in [0, 0.1) is 6.92 Å². The van der Waals surface area contributed by atoms with Gasteiger partial charge in [0.15, 0.2) is 0 Å². The number of fused-ring (bicyclic) bond motifs is 2. The van der Waals surface area contributed by atoms with Crippen molar-refractivity contribution in [3.05, 3.63) is 43.9 Å². The Labute approximate surface area is 134 Å². The molecule has 0 amide bonds. The SMILES string of the molecule is Cc1c(Cl)cc2c(c1Cl)Sc1cc(Cl)c(Cl)cc1O2. The van der Waals surface area contributed by atoms with Crippen LogP contribution in [0.4, 0.5) is 0 Å². The minimum atomic E-state index is 0.453. The van der Waals surface area contributed by atoms with E-state index in [0.717, 1.165) is 15.4 Å². The fourth-order valence-electron chi connectivity index (χ4n) is 1.74. The lowest BCUT2D eigenvalue weighted by Crippen LogP contribution is -1.97. The van der Waals surface area contributed by atoms with Crippen molar-refractivity contribution in [2.75, 3.05) is 0 Å². The van der Waals surface area contributed by atoms with E-state index in [2.05, 4.69) is 0 Å². The average Bonchev–Trinajstić information content (AvgIpc) is 2.37. The highest BCUT2D eigenvalue weighted by Crippen LogP contribution is 2.53. The summed E-state index contributed by atoms with van der Waals surface area (Å²) in [5, 5.41) is 2.12. The lowest BCUT2D eigenvalue weighted by Gasteiger charge is -2.22. The summed E-state index contributed by atoms with van der Waals surface area (Å²) in [5.74, 6) is 1.29. The Hall–Kier alpha value is -0.250. The summed E-state index contributed by atoms with van der Waals surface area (Å²) in [4.78, 5) is 1.72. The van der Waals surface area contributed by atoms with E-state index in [9.17, 15) is 0 Å². The molecular weight excluding hydrogens is 346 g/mol. The minimum Gasteiger partial charge on any atom is -0.455 e. The number of hydrogen-bond acceptors (Lipinski definition) is 2. The monoisotopic (exact) mass is 350 g/mol.